The van der Waals surface area contributed by atoms with E-state index < -0.39 is 11.7 Å². The molecule has 1 N–H and O–H groups in total. The van der Waals surface area contributed by atoms with Gasteiger partial charge in [-0.1, -0.05) is 13.8 Å². The fourth-order valence-corrected chi connectivity index (χ4v) is 4.67. The maximum absolute atomic E-state index is 12.7. The van der Waals surface area contributed by atoms with Crippen LogP contribution in [0.25, 0.3) is 0 Å². The van der Waals surface area contributed by atoms with E-state index in [1.54, 1.807) is 11.3 Å². The van der Waals surface area contributed by atoms with E-state index in [-0.39, 0.29) is 5.91 Å². The minimum atomic E-state index is -0.452. The van der Waals surface area contributed by atoms with Crippen molar-refractivity contribution in [3.63, 3.8) is 0 Å². The molecule has 4 heterocycles. The van der Waals surface area contributed by atoms with Crippen LogP contribution in [0, 0.1) is 5.92 Å². The lowest BCUT2D eigenvalue weighted by atomic mass is 9.88. The molecule has 1 atom stereocenters. The molecule has 27 heavy (non-hydrogen) atoms. The van der Waals surface area contributed by atoms with Crippen LogP contribution in [0.3, 0.4) is 0 Å². The number of fused-ring (bicyclic) bond motifs is 2. The zero-order valence-electron chi connectivity index (χ0n) is 16.1. The van der Waals surface area contributed by atoms with Crippen LogP contribution in [0.15, 0.2) is 29.2 Å². The van der Waals surface area contributed by atoms with Crippen LogP contribution in [0.5, 0.6) is 0 Å². The number of piperidine rings is 1. The Bertz CT molecular complexity index is 763. The number of rotatable bonds is 5. The Morgan fingerprint density at radius 3 is 2.96 bits per heavy atom. The first-order valence-electron chi connectivity index (χ1n) is 9.76. The van der Waals surface area contributed by atoms with E-state index in [9.17, 15) is 4.79 Å². The summed E-state index contributed by atoms with van der Waals surface area (Å²) < 4.78 is 8.57. The summed E-state index contributed by atoms with van der Waals surface area (Å²) in [5.74, 6) is 1.39. The van der Waals surface area contributed by atoms with E-state index in [4.69, 9.17) is 4.74 Å². The molecule has 0 unspecified atom stereocenters. The minimum Gasteiger partial charge on any atom is -0.354 e. The van der Waals surface area contributed by atoms with Gasteiger partial charge in [0, 0.05) is 38.6 Å². The maximum Gasteiger partial charge on any atom is 0.251 e. The second-order valence-electron chi connectivity index (χ2n) is 8.05. The summed E-state index contributed by atoms with van der Waals surface area (Å²) in [7, 11) is 0. The Morgan fingerprint density at radius 1 is 1.44 bits per heavy atom. The van der Waals surface area contributed by atoms with Crippen molar-refractivity contribution in [2.45, 2.75) is 51.5 Å². The predicted molar refractivity (Wildman–Crippen MR) is 105 cm³/mol. The number of carbonyl (C=O) groups excluding carboxylic acids is 1. The molecule has 1 saturated heterocycles. The van der Waals surface area contributed by atoms with E-state index in [1.807, 2.05) is 12.4 Å². The minimum absolute atomic E-state index is 0.0110. The third-order valence-electron chi connectivity index (χ3n) is 5.48. The van der Waals surface area contributed by atoms with Crippen LogP contribution in [-0.2, 0) is 28.2 Å². The lowest BCUT2D eigenvalue weighted by Crippen LogP contribution is -2.54. The number of nitrogens with zero attached hydrogens (tertiary/aromatic N) is 3. The summed E-state index contributed by atoms with van der Waals surface area (Å²) in [5, 5.41) is 7.37. The molecule has 4 rings (SSSR count). The van der Waals surface area contributed by atoms with Gasteiger partial charge in [0.1, 0.15) is 11.4 Å². The lowest BCUT2D eigenvalue weighted by Gasteiger charge is -2.45. The zero-order chi connectivity index (χ0) is 18.9. The van der Waals surface area contributed by atoms with Gasteiger partial charge >= 0.3 is 0 Å². The molecule has 0 aliphatic carbocycles. The van der Waals surface area contributed by atoms with Crippen molar-refractivity contribution in [3.8, 4) is 0 Å². The summed E-state index contributed by atoms with van der Waals surface area (Å²) in [6, 6.07) is 2.19. The normalized spacial score (nSPS) is 22.1. The number of amides is 1. The number of carbonyl (C=O) groups is 1. The van der Waals surface area contributed by atoms with Gasteiger partial charge in [-0.15, -0.1) is 0 Å². The van der Waals surface area contributed by atoms with E-state index >= 15 is 0 Å². The summed E-state index contributed by atoms with van der Waals surface area (Å²) in [6.45, 7) is 8.29. The molecule has 7 heteroatoms. The lowest BCUT2D eigenvalue weighted by molar-refractivity contribution is -0.173. The van der Waals surface area contributed by atoms with Gasteiger partial charge in [-0.25, -0.2) is 4.98 Å². The molecule has 2 aliphatic rings. The zero-order valence-corrected chi connectivity index (χ0v) is 16.9. The van der Waals surface area contributed by atoms with Gasteiger partial charge < -0.3 is 14.6 Å². The quantitative estimate of drug-likeness (QED) is 0.855. The molecule has 0 radical (unpaired) electrons. The molecule has 6 nitrogen and oxygen atoms in total. The van der Waals surface area contributed by atoms with Crippen LogP contribution >= 0.6 is 11.3 Å². The van der Waals surface area contributed by atoms with Gasteiger partial charge in [-0.2, -0.15) is 11.3 Å². The largest absolute Gasteiger partial charge is 0.354 e. The van der Waals surface area contributed by atoms with Crippen LogP contribution in [0.1, 0.15) is 38.1 Å². The number of nitrogens with one attached hydrogen (secondary N) is 1. The number of hydrogen-bond acceptors (Lipinski definition) is 5. The standard InChI is InChI=1S/C20H28N4O2S/c1-15(2)11-22-18(25)17-13-24-9-6-21-19(24)20(26-17)4-7-23(8-5-20)12-16-3-10-27-14-16/h3,6,9-10,14-15,17H,4-5,7-8,11-13H2,1-2H3,(H,22,25)/t17-/m1/s1. The summed E-state index contributed by atoms with van der Waals surface area (Å²) >= 11 is 1.74. The highest BCUT2D eigenvalue weighted by atomic mass is 32.1. The van der Waals surface area contributed by atoms with Crippen molar-refractivity contribution in [2.75, 3.05) is 19.6 Å². The Hall–Kier alpha value is -1.70. The van der Waals surface area contributed by atoms with E-state index in [1.165, 1.54) is 5.56 Å². The number of hydrogen-bond donors (Lipinski definition) is 1. The second-order valence-corrected chi connectivity index (χ2v) is 8.83. The highest BCUT2D eigenvalue weighted by molar-refractivity contribution is 7.07. The van der Waals surface area contributed by atoms with Crippen LogP contribution < -0.4 is 5.32 Å². The summed E-state index contributed by atoms with van der Waals surface area (Å²) in [4.78, 5) is 19.7. The first kappa shape index (κ1) is 18.7. The molecule has 0 saturated carbocycles. The van der Waals surface area contributed by atoms with Crippen LogP contribution in [-0.4, -0.2) is 46.1 Å². The first-order chi connectivity index (χ1) is 13.1. The van der Waals surface area contributed by atoms with Crippen molar-refractivity contribution >= 4 is 17.2 Å². The molecule has 1 amide bonds. The van der Waals surface area contributed by atoms with Gasteiger partial charge in [0.05, 0.1) is 6.54 Å². The Kier molecular flexibility index (Phi) is 5.34. The van der Waals surface area contributed by atoms with Crippen molar-refractivity contribution in [3.05, 3.63) is 40.6 Å². The van der Waals surface area contributed by atoms with Gasteiger partial charge in [-0.05, 0) is 41.1 Å². The number of ether oxygens (including phenoxy) is 1. The second kappa shape index (κ2) is 7.73. The highest BCUT2D eigenvalue weighted by Gasteiger charge is 2.47. The van der Waals surface area contributed by atoms with Gasteiger partial charge in [-0.3, -0.25) is 9.69 Å². The third kappa shape index (κ3) is 3.95. The van der Waals surface area contributed by atoms with Gasteiger partial charge in [0.15, 0.2) is 6.10 Å². The molecule has 146 valence electrons. The van der Waals surface area contributed by atoms with Crippen molar-refractivity contribution in [2.24, 2.45) is 5.92 Å². The monoisotopic (exact) mass is 388 g/mol. The van der Waals surface area contributed by atoms with Gasteiger partial charge in [0.25, 0.3) is 5.91 Å². The molecule has 1 fully saturated rings. The Labute approximate surface area is 164 Å². The average molecular weight is 389 g/mol. The smallest absolute Gasteiger partial charge is 0.251 e. The molecule has 1 spiro atoms. The molecule has 0 bridgehead atoms. The van der Waals surface area contributed by atoms with E-state index in [0.29, 0.717) is 19.0 Å². The molecule has 2 aliphatic heterocycles. The van der Waals surface area contributed by atoms with Crippen molar-refractivity contribution in [1.29, 1.82) is 0 Å². The summed E-state index contributed by atoms with van der Waals surface area (Å²) in [6.07, 6.45) is 5.07. The number of aromatic nitrogens is 2. The van der Waals surface area contributed by atoms with E-state index in [2.05, 4.69) is 50.4 Å². The Balaban J connectivity index is 1.46. The molecule has 0 aromatic carbocycles. The van der Waals surface area contributed by atoms with Crippen molar-refractivity contribution < 1.29 is 9.53 Å². The fraction of sp³-hybridized carbons (Fsp3) is 0.600. The maximum atomic E-state index is 12.7. The molecular formula is C20H28N4O2S. The summed E-state index contributed by atoms with van der Waals surface area (Å²) in [5.41, 5.74) is 0.917. The number of thiophene rings is 1. The van der Waals surface area contributed by atoms with E-state index in [0.717, 1.165) is 38.3 Å². The average Bonchev–Trinajstić information content (AvgIpc) is 3.33. The molecule has 2 aromatic heterocycles. The SMILES string of the molecule is CC(C)CNC(=O)[C@H]1Cn2ccnc2C2(CCN(Cc3ccsc3)CC2)O1. The van der Waals surface area contributed by atoms with Crippen LogP contribution in [0.4, 0.5) is 0 Å². The highest BCUT2D eigenvalue weighted by Crippen LogP contribution is 2.40. The fourth-order valence-electron chi connectivity index (χ4n) is 4.01. The molecule has 2 aromatic rings. The number of likely N-dealkylation sites (tertiary alicyclic amines) is 1. The van der Waals surface area contributed by atoms with Gasteiger partial charge in [0.2, 0.25) is 0 Å². The first-order valence-corrected chi connectivity index (χ1v) is 10.7. The topological polar surface area (TPSA) is 59.4 Å². The predicted octanol–water partition coefficient (Wildman–Crippen LogP) is 2.61. The third-order valence-corrected chi connectivity index (χ3v) is 6.21. The Morgan fingerprint density at radius 2 is 2.26 bits per heavy atom. The number of imidazole rings is 1. The van der Waals surface area contributed by atoms with Crippen molar-refractivity contribution in [1.82, 2.24) is 19.8 Å². The van der Waals surface area contributed by atoms with Crippen LogP contribution in [0.2, 0.25) is 0 Å². The molecular weight excluding hydrogens is 360 g/mol.